The number of amides is 1. The zero-order valence-electron chi connectivity index (χ0n) is 9.90. The molecule has 1 aromatic heterocycles. The number of rotatable bonds is 6. The fourth-order valence-corrected chi connectivity index (χ4v) is 1.54. The number of hydrogen-bond acceptors (Lipinski definition) is 4. The zero-order chi connectivity index (χ0) is 12.8. The lowest BCUT2D eigenvalue weighted by Gasteiger charge is -2.14. The molecule has 17 heavy (non-hydrogen) atoms. The van der Waals surface area contributed by atoms with Gasteiger partial charge in [-0.25, -0.2) is 0 Å². The Labute approximate surface area is 99.0 Å². The Bertz CT molecular complexity index is 400. The van der Waals surface area contributed by atoms with Crippen molar-refractivity contribution in [2.24, 2.45) is 0 Å². The number of aliphatic carboxylic acids is 1. The molecule has 0 aliphatic carbocycles. The molecule has 1 amide bonds. The normalized spacial score (nSPS) is 12.1. The molecule has 1 atom stereocenters. The molecule has 94 valence electrons. The number of nitrogens with zero attached hydrogens (tertiary/aromatic N) is 1. The van der Waals surface area contributed by atoms with Gasteiger partial charge in [-0.1, -0.05) is 18.5 Å². The lowest BCUT2D eigenvalue weighted by Crippen LogP contribution is -2.36. The summed E-state index contributed by atoms with van der Waals surface area (Å²) in [5.41, 5.74) is 0.632. The number of hydrogen-bond donors (Lipinski definition) is 2. The van der Waals surface area contributed by atoms with Crippen molar-refractivity contribution in [3.05, 3.63) is 17.5 Å². The second-order valence-electron chi connectivity index (χ2n) is 3.89. The topological polar surface area (TPSA) is 92.4 Å². The quantitative estimate of drug-likeness (QED) is 0.783. The van der Waals surface area contributed by atoms with Gasteiger partial charge < -0.3 is 14.9 Å². The van der Waals surface area contributed by atoms with E-state index in [1.165, 1.54) is 6.20 Å². The first-order valence-electron chi connectivity index (χ1n) is 5.48. The van der Waals surface area contributed by atoms with Crippen molar-refractivity contribution in [3.8, 4) is 0 Å². The molecule has 1 aromatic rings. The van der Waals surface area contributed by atoms with Gasteiger partial charge in [0.1, 0.15) is 0 Å². The standard InChI is InChI=1S/C11H16N2O4/c1-3-4-8(5-9(14)15)13-11(16)10-7(2)6-12-17-10/h6,8H,3-5H2,1-2H3,(H,13,16)(H,14,15). The highest BCUT2D eigenvalue weighted by Gasteiger charge is 2.19. The van der Waals surface area contributed by atoms with Crippen LogP contribution in [0, 0.1) is 6.92 Å². The number of carboxylic acids is 1. The summed E-state index contributed by atoms with van der Waals surface area (Å²) in [5.74, 6) is -1.21. The summed E-state index contributed by atoms with van der Waals surface area (Å²) >= 11 is 0. The Hall–Kier alpha value is -1.85. The summed E-state index contributed by atoms with van der Waals surface area (Å²) in [4.78, 5) is 22.4. The maximum Gasteiger partial charge on any atom is 0.305 e. The molecule has 0 saturated carbocycles. The van der Waals surface area contributed by atoms with Crippen LogP contribution in [-0.2, 0) is 4.79 Å². The van der Waals surface area contributed by atoms with Crippen LogP contribution in [0.4, 0.5) is 0 Å². The minimum absolute atomic E-state index is 0.0905. The number of nitrogens with one attached hydrogen (secondary N) is 1. The van der Waals surface area contributed by atoms with E-state index in [9.17, 15) is 9.59 Å². The fraction of sp³-hybridized carbons (Fsp3) is 0.545. The summed E-state index contributed by atoms with van der Waals surface area (Å²) in [6, 6.07) is -0.380. The van der Waals surface area contributed by atoms with E-state index in [-0.39, 0.29) is 18.2 Å². The molecule has 6 nitrogen and oxygen atoms in total. The van der Waals surface area contributed by atoms with Crippen molar-refractivity contribution < 1.29 is 19.2 Å². The molecule has 2 N–H and O–H groups in total. The van der Waals surface area contributed by atoms with Crippen LogP contribution < -0.4 is 5.32 Å². The van der Waals surface area contributed by atoms with E-state index in [0.29, 0.717) is 12.0 Å². The van der Waals surface area contributed by atoms with Gasteiger partial charge in [-0.15, -0.1) is 0 Å². The van der Waals surface area contributed by atoms with Crippen molar-refractivity contribution >= 4 is 11.9 Å². The Balaban J connectivity index is 2.64. The number of aryl methyl sites for hydroxylation is 1. The molecule has 1 unspecified atom stereocenters. The van der Waals surface area contributed by atoms with Crippen LogP contribution in [0.1, 0.15) is 42.3 Å². The molecule has 0 saturated heterocycles. The highest BCUT2D eigenvalue weighted by Crippen LogP contribution is 2.08. The van der Waals surface area contributed by atoms with Gasteiger partial charge >= 0.3 is 5.97 Å². The molecule has 6 heteroatoms. The van der Waals surface area contributed by atoms with Crippen LogP contribution in [0.5, 0.6) is 0 Å². The van der Waals surface area contributed by atoms with E-state index >= 15 is 0 Å². The first kappa shape index (κ1) is 13.2. The largest absolute Gasteiger partial charge is 0.481 e. The summed E-state index contributed by atoms with van der Waals surface area (Å²) in [7, 11) is 0. The summed E-state index contributed by atoms with van der Waals surface area (Å²) in [5, 5.41) is 14.9. The lowest BCUT2D eigenvalue weighted by atomic mass is 10.1. The smallest absolute Gasteiger partial charge is 0.305 e. The van der Waals surface area contributed by atoms with Gasteiger partial charge in [-0.05, 0) is 13.3 Å². The Morgan fingerprint density at radius 1 is 1.59 bits per heavy atom. The van der Waals surface area contributed by atoms with Crippen LogP contribution in [0.3, 0.4) is 0 Å². The predicted octanol–water partition coefficient (Wildman–Crippen LogP) is 1.36. The van der Waals surface area contributed by atoms with Gasteiger partial charge in [0.15, 0.2) is 0 Å². The third-order valence-electron chi connectivity index (χ3n) is 2.35. The first-order chi connectivity index (χ1) is 8.04. The molecular formula is C11H16N2O4. The van der Waals surface area contributed by atoms with E-state index in [1.807, 2.05) is 6.92 Å². The third kappa shape index (κ3) is 3.90. The number of carboxylic acid groups (broad SMARTS) is 1. The van der Waals surface area contributed by atoms with Crippen LogP contribution in [0.2, 0.25) is 0 Å². The van der Waals surface area contributed by atoms with E-state index in [0.717, 1.165) is 6.42 Å². The molecule has 0 aliphatic heterocycles. The average Bonchev–Trinajstić information content (AvgIpc) is 2.63. The maximum atomic E-state index is 11.8. The first-order valence-corrected chi connectivity index (χ1v) is 5.48. The van der Waals surface area contributed by atoms with Crippen LogP contribution in [-0.4, -0.2) is 28.2 Å². The zero-order valence-corrected chi connectivity index (χ0v) is 9.90. The molecule has 1 heterocycles. The third-order valence-corrected chi connectivity index (χ3v) is 2.35. The molecular weight excluding hydrogens is 224 g/mol. The van der Waals surface area contributed by atoms with E-state index in [1.54, 1.807) is 6.92 Å². The van der Waals surface area contributed by atoms with Gasteiger partial charge in [0.2, 0.25) is 5.76 Å². The van der Waals surface area contributed by atoms with Crippen LogP contribution in [0.25, 0.3) is 0 Å². The number of carbonyl (C=O) groups excluding carboxylic acids is 1. The van der Waals surface area contributed by atoms with Crippen LogP contribution in [0.15, 0.2) is 10.7 Å². The van der Waals surface area contributed by atoms with Crippen molar-refractivity contribution in [2.45, 2.75) is 39.2 Å². The molecule has 0 aromatic carbocycles. The van der Waals surface area contributed by atoms with Crippen LogP contribution >= 0.6 is 0 Å². The van der Waals surface area contributed by atoms with Crippen molar-refractivity contribution in [3.63, 3.8) is 0 Å². The Morgan fingerprint density at radius 3 is 2.76 bits per heavy atom. The predicted molar refractivity (Wildman–Crippen MR) is 59.7 cm³/mol. The molecule has 1 rings (SSSR count). The Morgan fingerprint density at radius 2 is 2.29 bits per heavy atom. The highest BCUT2D eigenvalue weighted by atomic mass is 16.5. The highest BCUT2D eigenvalue weighted by molar-refractivity contribution is 5.93. The summed E-state index contributed by atoms with van der Waals surface area (Å²) < 4.78 is 4.80. The fourth-order valence-electron chi connectivity index (χ4n) is 1.54. The second-order valence-corrected chi connectivity index (χ2v) is 3.89. The molecule has 0 spiro atoms. The molecule has 0 aliphatic rings. The summed E-state index contributed by atoms with van der Waals surface area (Å²) in [6.45, 7) is 3.64. The monoisotopic (exact) mass is 240 g/mol. The van der Waals surface area contributed by atoms with Crippen molar-refractivity contribution in [2.75, 3.05) is 0 Å². The van der Waals surface area contributed by atoms with Gasteiger partial charge in [0.25, 0.3) is 5.91 Å². The van der Waals surface area contributed by atoms with Crippen molar-refractivity contribution in [1.82, 2.24) is 10.5 Å². The molecule has 0 bridgehead atoms. The van der Waals surface area contributed by atoms with E-state index in [4.69, 9.17) is 9.63 Å². The Kier molecular flexibility index (Phi) is 4.68. The summed E-state index contributed by atoms with van der Waals surface area (Å²) in [6.07, 6.45) is 2.77. The maximum absolute atomic E-state index is 11.8. The average molecular weight is 240 g/mol. The number of aromatic nitrogens is 1. The molecule has 0 fully saturated rings. The number of carbonyl (C=O) groups is 2. The minimum atomic E-state index is -0.932. The van der Waals surface area contributed by atoms with Gasteiger partial charge in [-0.2, -0.15) is 0 Å². The lowest BCUT2D eigenvalue weighted by molar-refractivity contribution is -0.137. The van der Waals surface area contributed by atoms with E-state index in [2.05, 4.69) is 10.5 Å². The van der Waals surface area contributed by atoms with Gasteiger partial charge in [0.05, 0.1) is 12.6 Å². The van der Waals surface area contributed by atoms with Crippen molar-refractivity contribution in [1.29, 1.82) is 0 Å². The SMILES string of the molecule is CCCC(CC(=O)O)NC(=O)c1oncc1C. The molecule has 0 radical (unpaired) electrons. The van der Waals surface area contributed by atoms with Gasteiger partial charge in [0, 0.05) is 11.6 Å². The van der Waals surface area contributed by atoms with Gasteiger partial charge in [-0.3, -0.25) is 9.59 Å². The second kappa shape index (κ2) is 6.03. The minimum Gasteiger partial charge on any atom is -0.481 e. The van der Waals surface area contributed by atoms with E-state index < -0.39 is 11.9 Å².